The first-order valence-corrected chi connectivity index (χ1v) is 7.12. The first-order chi connectivity index (χ1) is 8.68. The van der Waals surface area contributed by atoms with Crippen molar-refractivity contribution in [3.05, 3.63) is 46.5 Å². The zero-order valence-electron chi connectivity index (χ0n) is 11.6. The van der Waals surface area contributed by atoms with Crippen LogP contribution in [0, 0.1) is 13.8 Å². The quantitative estimate of drug-likeness (QED) is 0.753. The molecule has 1 aliphatic carbocycles. The molecular formula is C17H24O. The highest BCUT2D eigenvalue weighted by Crippen LogP contribution is 2.29. The lowest BCUT2D eigenvalue weighted by molar-refractivity contribution is 0.209. The van der Waals surface area contributed by atoms with E-state index in [2.05, 4.69) is 38.1 Å². The molecule has 1 nitrogen and oxygen atoms in total. The molecular weight excluding hydrogens is 220 g/mol. The summed E-state index contributed by atoms with van der Waals surface area (Å²) >= 11 is 0. The third-order valence-corrected chi connectivity index (χ3v) is 4.02. The topological polar surface area (TPSA) is 20.2 Å². The fraction of sp³-hybridized carbons (Fsp3) is 0.529. The third-order valence-electron chi connectivity index (χ3n) is 4.02. The van der Waals surface area contributed by atoms with Crippen molar-refractivity contribution in [3.63, 3.8) is 0 Å². The Balaban J connectivity index is 2.18. The average Bonchev–Trinajstić information content (AvgIpc) is 2.31. The molecule has 1 heteroatoms. The van der Waals surface area contributed by atoms with Crippen LogP contribution < -0.4 is 0 Å². The summed E-state index contributed by atoms with van der Waals surface area (Å²) in [5.41, 5.74) is 4.82. The van der Waals surface area contributed by atoms with Gasteiger partial charge in [0.25, 0.3) is 0 Å². The number of hydrogen-bond donors (Lipinski definition) is 1. The van der Waals surface area contributed by atoms with Gasteiger partial charge in [-0.15, -0.1) is 0 Å². The van der Waals surface area contributed by atoms with Crippen LogP contribution in [0.4, 0.5) is 0 Å². The molecule has 1 atom stereocenters. The molecule has 98 valence electrons. The summed E-state index contributed by atoms with van der Waals surface area (Å²) < 4.78 is 0. The highest BCUT2D eigenvalue weighted by Gasteiger charge is 2.14. The molecule has 1 aromatic rings. The van der Waals surface area contributed by atoms with Gasteiger partial charge >= 0.3 is 0 Å². The van der Waals surface area contributed by atoms with Gasteiger partial charge in [0.05, 0.1) is 0 Å². The Hall–Kier alpha value is -1.08. The van der Waals surface area contributed by atoms with Gasteiger partial charge in [0.1, 0.15) is 6.10 Å². The first-order valence-electron chi connectivity index (χ1n) is 7.12. The van der Waals surface area contributed by atoms with Crippen molar-refractivity contribution in [1.29, 1.82) is 0 Å². The predicted octanol–water partition coefficient (Wildman–Crippen LogP) is 4.62. The Bertz CT molecular complexity index is 431. The summed E-state index contributed by atoms with van der Waals surface area (Å²) in [6, 6.07) is 6.30. The molecule has 0 heterocycles. The van der Waals surface area contributed by atoms with Gasteiger partial charge in [0.15, 0.2) is 0 Å². The zero-order valence-corrected chi connectivity index (χ0v) is 11.6. The average molecular weight is 244 g/mol. The fourth-order valence-corrected chi connectivity index (χ4v) is 2.61. The van der Waals surface area contributed by atoms with Crippen LogP contribution in [-0.4, -0.2) is 5.11 Å². The molecule has 0 saturated heterocycles. The van der Waals surface area contributed by atoms with Crippen LogP contribution in [-0.2, 0) is 0 Å². The van der Waals surface area contributed by atoms with Crippen LogP contribution in [0.25, 0.3) is 0 Å². The van der Waals surface area contributed by atoms with E-state index < -0.39 is 6.10 Å². The Morgan fingerprint density at radius 3 is 2.56 bits per heavy atom. The predicted molar refractivity (Wildman–Crippen MR) is 76.7 cm³/mol. The van der Waals surface area contributed by atoms with E-state index in [0.717, 1.165) is 18.4 Å². The Morgan fingerprint density at radius 1 is 1.00 bits per heavy atom. The van der Waals surface area contributed by atoms with Gasteiger partial charge in [-0.3, -0.25) is 0 Å². The van der Waals surface area contributed by atoms with E-state index in [1.807, 2.05) is 0 Å². The maximum atomic E-state index is 10.5. The lowest BCUT2D eigenvalue weighted by Crippen LogP contribution is -2.04. The highest BCUT2D eigenvalue weighted by atomic mass is 16.3. The second kappa shape index (κ2) is 6.19. The van der Waals surface area contributed by atoms with Gasteiger partial charge < -0.3 is 5.11 Å². The standard InChI is InChI=1S/C17H24O/c1-13-10-11-16(12-14(13)2)17(18)15-8-6-4-3-5-7-9-15/h8,10-12,17-18H,3-7,9H2,1-2H3/b15-8+. The van der Waals surface area contributed by atoms with E-state index in [9.17, 15) is 5.11 Å². The van der Waals surface area contributed by atoms with E-state index >= 15 is 0 Å². The summed E-state index contributed by atoms with van der Waals surface area (Å²) in [5, 5.41) is 10.5. The first kappa shape index (κ1) is 13.4. The van der Waals surface area contributed by atoms with Gasteiger partial charge in [-0.25, -0.2) is 0 Å². The van der Waals surface area contributed by atoms with E-state index in [1.165, 1.54) is 42.4 Å². The summed E-state index contributed by atoms with van der Waals surface area (Å²) in [5.74, 6) is 0. The van der Waals surface area contributed by atoms with E-state index in [4.69, 9.17) is 0 Å². The number of benzene rings is 1. The Morgan fingerprint density at radius 2 is 1.78 bits per heavy atom. The van der Waals surface area contributed by atoms with Gasteiger partial charge in [-0.05, 0) is 61.8 Å². The van der Waals surface area contributed by atoms with Crippen LogP contribution in [0.15, 0.2) is 29.8 Å². The minimum absolute atomic E-state index is 0.401. The fourth-order valence-electron chi connectivity index (χ4n) is 2.61. The van der Waals surface area contributed by atoms with Gasteiger partial charge in [0.2, 0.25) is 0 Å². The van der Waals surface area contributed by atoms with Crippen molar-refractivity contribution in [2.45, 2.75) is 58.5 Å². The number of rotatable bonds is 2. The maximum absolute atomic E-state index is 10.5. The number of aliphatic hydroxyl groups is 1. The molecule has 0 bridgehead atoms. The second-order valence-corrected chi connectivity index (χ2v) is 5.48. The van der Waals surface area contributed by atoms with Crippen LogP contribution in [0.5, 0.6) is 0 Å². The summed E-state index contributed by atoms with van der Waals surface area (Å²) in [6.07, 6.45) is 9.16. The monoisotopic (exact) mass is 244 g/mol. The van der Waals surface area contributed by atoms with Crippen molar-refractivity contribution in [2.24, 2.45) is 0 Å². The van der Waals surface area contributed by atoms with Crippen LogP contribution >= 0.6 is 0 Å². The Kier molecular flexibility index (Phi) is 4.60. The molecule has 0 aliphatic heterocycles. The summed E-state index contributed by atoms with van der Waals surface area (Å²) in [6.45, 7) is 4.22. The molecule has 0 aromatic heterocycles. The van der Waals surface area contributed by atoms with Gasteiger partial charge in [-0.1, -0.05) is 37.1 Å². The summed E-state index contributed by atoms with van der Waals surface area (Å²) in [4.78, 5) is 0. The van der Waals surface area contributed by atoms with Crippen molar-refractivity contribution in [2.75, 3.05) is 0 Å². The number of allylic oxidation sites excluding steroid dienone is 1. The molecule has 1 unspecified atom stereocenters. The molecule has 0 amide bonds. The van der Waals surface area contributed by atoms with Gasteiger partial charge in [0, 0.05) is 0 Å². The smallest absolute Gasteiger partial charge is 0.100 e. The van der Waals surface area contributed by atoms with E-state index in [1.54, 1.807) is 0 Å². The summed E-state index contributed by atoms with van der Waals surface area (Å²) in [7, 11) is 0. The second-order valence-electron chi connectivity index (χ2n) is 5.48. The molecule has 0 saturated carbocycles. The highest BCUT2D eigenvalue weighted by molar-refractivity contribution is 5.34. The molecule has 0 radical (unpaired) electrons. The lowest BCUT2D eigenvalue weighted by Gasteiger charge is -2.18. The molecule has 18 heavy (non-hydrogen) atoms. The minimum atomic E-state index is -0.401. The van der Waals surface area contributed by atoms with Crippen LogP contribution in [0.2, 0.25) is 0 Å². The molecule has 1 aromatic carbocycles. The normalized spacial score (nSPS) is 21.6. The minimum Gasteiger partial charge on any atom is -0.384 e. The molecule has 1 N–H and O–H groups in total. The molecule has 1 aliphatic rings. The number of hydrogen-bond acceptors (Lipinski definition) is 1. The SMILES string of the molecule is Cc1ccc(C(O)/C2=C/CCCCCC2)cc1C. The van der Waals surface area contributed by atoms with Gasteiger partial charge in [-0.2, -0.15) is 0 Å². The van der Waals surface area contributed by atoms with Crippen molar-refractivity contribution >= 4 is 0 Å². The largest absolute Gasteiger partial charge is 0.384 e. The lowest BCUT2D eigenvalue weighted by atomic mass is 9.91. The number of aliphatic hydroxyl groups excluding tert-OH is 1. The van der Waals surface area contributed by atoms with E-state index in [-0.39, 0.29) is 0 Å². The molecule has 0 fully saturated rings. The third kappa shape index (κ3) is 3.23. The molecule has 0 spiro atoms. The van der Waals surface area contributed by atoms with Crippen LogP contribution in [0.1, 0.15) is 61.3 Å². The Labute approximate surface area is 111 Å². The van der Waals surface area contributed by atoms with Crippen LogP contribution in [0.3, 0.4) is 0 Å². The maximum Gasteiger partial charge on any atom is 0.100 e. The number of aryl methyl sites for hydroxylation is 2. The van der Waals surface area contributed by atoms with Crippen molar-refractivity contribution < 1.29 is 5.11 Å². The molecule has 2 rings (SSSR count). The van der Waals surface area contributed by atoms with Crippen molar-refractivity contribution in [3.8, 4) is 0 Å². The van der Waals surface area contributed by atoms with Crippen molar-refractivity contribution in [1.82, 2.24) is 0 Å². The zero-order chi connectivity index (χ0) is 13.0. The van der Waals surface area contributed by atoms with E-state index in [0.29, 0.717) is 0 Å².